The van der Waals surface area contributed by atoms with Crippen LogP contribution in [0.5, 0.6) is 0 Å². The number of benzene rings is 1. The van der Waals surface area contributed by atoms with Crippen LogP contribution in [0.3, 0.4) is 0 Å². The number of amides is 1. The lowest BCUT2D eigenvalue weighted by Gasteiger charge is -2.08. The monoisotopic (exact) mass is 422 g/mol. The minimum atomic E-state index is -5.08. The van der Waals surface area contributed by atoms with Gasteiger partial charge in [-0.2, -0.15) is 13.2 Å². The molecule has 0 unspecified atom stereocenters. The summed E-state index contributed by atoms with van der Waals surface area (Å²) < 4.78 is 33.7. The molecule has 0 aliphatic rings. The highest BCUT2D eigenvalue weighted by molar-refractivity contribution is 6.03. The van der Waals surface area contributed by atoms with Crippen molar-refractivity contribution in [1.29, 1.82) is 0 Å². The Morgan fingerprint density at radius 2 is 1.73 bits per heavy atom. The van der Waals surface area contributed by atoms with Gasteiger partial charge in [-0.1, -0.05) is 0 Å². The average Bonchev–Trinajstić information content (AvgIpc) is 3.01. The van der Waals surface area contributed by atoms with Crippen LogP contribution in [0.2, 0.25) is 0 Å². The molecule has 1 aromatic carbocycles. The predicted molar refractivity (Wildman–Crippen MR) is 102 cm³/mol. The molecule has 0 radical (unpaired) electrons. The Kier molecular flexibility index (Phi) is 6.77. The molecule has 3 aromatic rings. The van der Waals surface area contributed by atoms with E-state index in [1.807, 2.05) is 30.5 Å². The second kappa shape index (κ2) is 9.07. The molecule has 1 amide bonds. The van der Waals surface area contributed by atoms with E-state index in [2.05, 4.69) is 15.3 Å². The van der Waals surface area contributed by atoms with Crippen molar-refractivity contribution in [3.63, 3.8) is 0 Å². The first-order chi connectivity index (χ1) is 14.0. The second-order valence-corrected chi connectivity index (χ2v) is 6.00. The summed E-state index contributed by atoms with van der Waals surface area (Å²) in [6.45, 7) is 3.96. The van der Waals surface area contributed by atoms with Crippen molar-refractivity contribution in [2.75, 3.05) is 5.32 Å². The Bertz CT molecular complexity index is 1100. The quantitative estimate of drug-likeness (QED) is 0.600. The van der Waals surface area contributed by atoms with Crippen molar-refractivity contribution in [2.45, 2.75) is 20.0 Å². The first-order valence-electron chi connectivity index (χ1n) is 8.41. The van der Waals surface area contributed by atoms with E-state index in [0.29, 0.717) is 5.69 Å². The van der Waals surface area contributed by atoms with E-state index in [9.17, 15) is 22.8 Å². The van der Waals surface area contributed by atoms with E-state index in [1.165, 1.54) is 12.3 Å². The minimum Gasteiger partial charge on any atom is -0.475 e. The van der Waals surface area contributed by atoms with Crippen molar-refractivity contribution in [1.82, 2.24) is 14.5 Å². The number of aryl methyl sites for hydroxylation is 1. The van der Waals surface area contributed by atoms with Crippen LogP contribution in [0.25, 0.3) is 5.69 Å². The van der Waals surface area contributed by atoms with Crippen LogP contribution in [0.15, 0.2) is 53.7 Å². The Hall–Kier alpha value is -3.89. The van der Waals surface area contributed by atoms with Crippen LogP contribution in [0.1, 0.15) is 21.7 Å². The summed E-state index contributed by atoms with van der Waals surface area (Å²) in [6, 6.07) is 10.5. The lowest BCUT2D eigenvalue weighted by molar-refractivity contribution is -0.192. The smallest absolute Gasteiger partial charge is 0.475 e. The lowest BCUT2D eigenvalue weighted by atomic mass is 10.2. The number of carboxylic acid groups (broad SMARTS) is 1. The second-order valence-electron chi connectivity index (χ2n) is 6.00. The third kappa shape index (κ3) is 5.56. The zero-order valence-corrected chi connectivity index (χ0v) is 15.8. The van der Waals surface area contributed by atoms with Crippen LogP contribution in [-0.4, -0.2) is 37.7 Å². The van der Waals surface area contributed by atoms with E-state index in [4.69, 9.17) is 9.90 Å². The van der Waals surface area contributed by atoms with Gasteiger partial charge in [0.05, 0.1) is 12.0 Å². The molecule has 0 saturated heterocycles. The number of halogens is 3. The number of rotatable bonds is 3. The fraction of sp³-hybridized carbons (Fsp3) is 0.158. The van der Waals surface area contributed by atoms with Gasteiger partial charge < -0.3 is 20.0 Å². The van der Waals surface area contributed by atoms with Gasteiger partial charge >= 0.3 is 12.1 Å². The molecule has 8 nitrogen and oxygen atoms in total. The molecule has 0 bridgehead atoms. The van der Waals surface area contributed by atoms with Gasteiger partial charge in [0, 0.05) is 23.3 Å². The van der Waals surface area contributed by atoms with E-state index < -0.39 is 23.6 Å². The molecular formula is C19H17F3N4O4. The number of aliphatic carboxylic acids is 1. The van der Waals surface area contributed by atoms with Gasteiger partial charge in [0.1, 0.15) is 5.56 Å². The van der Waals surface area contributed by atoms with E-state index in [1.54, 1.807) is 24.5 Å². The highest BCUT2D eigenvalue weighted by Gasteiger charge is 2.38. The fourth-order valence-corrected chi connectivity index (χ4v) is 2.26. The molecule has 0 saturated carbocycles. The number of hydrogen-bond donors (Lipinski definition) is 3. The Balaban J connectivity index is 0.000000396. The highest BCUT2D eigenvalue weighted by atomic mass is 19.4. The van der Waals surface area contributed by atoms with Crippen LogP contribution in [0, 0.1) is 13.8 Å². The van der Waals surface area contributed by atoms with Crippen molar-refractivity contribution in [2.24, 2.45) is 0 Å². The zero-order valence-electron chi connectivity index (χ0n) is 15.8. The lowest BCUT2D eigenvalue weighted by Crippen LogP contribution is -2.22. The summed E-state index contributed by atoms with van der Waals surface area (Å²) in [6.07, 6.45) is -1.83. The Labute approximate surface area is 168 Å². The van der Waals surface area contributed by atoms with Crippen molar-refractivity contribution in [3.8, 4) is 5.69 Å². The van der Waals surface area contributed by atoms with Gasteiger partial charge in [-0.25, -0.2) is 9.78 Å². The number of aromatic nitrogens is 3. The highest BCUT2D eigenvalue weighted by Crippen LogP contribution is 2.17. The maximum atomic E-state index is 12.1. The number of hydrogen-bond acceptors (Lipinski definition) is 4. The maximum absolute atomic E-state index is 12.1. The van der Waals surface area contributed by atoms with E-state index in [-0.39, 0.29) is 5.56 Å². The normalized spacial score (nSPS) is 10.7. The SMILES string of the molecule is Cc1ncn(-c2ccc(NC(=O)c3ccc[nH]c3=O)cc2)c1C.O=C(O)C(F)(F)F. The van der Waals surface area contributed by atoms with Gasteiger partial charge in [-0.05, 0) is 50.2 Å². The molecule has 3 rings (SSSR count). The molecule has 0 fully saturated rings. The van der Waals surface area contributed by atoms with Gasteiger partial charge in [-0.15, -0.1) is 0 Å². The van der Waals surface area contributed by atoms with Gasteiger partial charge in [0.15, 0.2) is 0 Å². The molecule has 158 valence electrons. The molecule has 2 heterocycles. The van der Waals surface area contributed by atoms with Crippen LogP contribution in [-0.2, 0) is 4.79 Å². The fourth-order valence-electron chi connectivity index (χ4n) is 2.26. The summed E-state index contributed by atoms with van der Waals surface area (Å²) >= 11 is 0. The van der Waals surface area contributed by atoms with E-state index in [0.717, 1.165) is 17.1 Å². The number of imidazole rings is 1. The summed E-state index contributed by atoms with van der Waals surface area (Å²) in [5.41, 5.74) is 3.29. The molecule has 3 N–H and O–H groups in total. The van der Waals surface area contributed by atoms with E-state index >= 15 is 0 Å². The first kappa shape index (κ1) is 22.4. The number of alkyl halides is 3. The van der Waals surface area contributed by atoms with Gasteiger partial charge in [0.25, 0.3) is 11.5 Å². The Morgan fingerprint density at radius 3 is 2.20 bits per heavy atom. The average molecular weight is 422 g/mol. The maximum Gasteiger partial charge on any atom is 0.490 e. The largest absolute Gasteiger partial charge is 0.490 e. The number of carboxylic acids is 1. The molecule has 11 heteroatoms. The third-order valence-electron chi connectivity index (χ3n) is 3.96. The number of nitrogens with zero attached hydrogens (tertiary/aromatic N) is 2. The number of nitrogens with one attached hydrogen (secondary N) is 2. The van der Waals surface area contributed by atoms with Crippen LogP contribution in [0.4, 0.5) is 18.9 Å². The number of carbonyl (C=O) groups is 2. The summed E-state index contributed by atoms with van der Waals surface area (Å²) in [7, 11) is 0. The zero-order chi connectivity index (χ0) is 22.5. The molecule has 0 atom stereocenters. The van der Waals surface area contributed by atoms with Crippen LogP contribution < -0.4 is 10.9 Å². The topological polar surface area (TPSA) is 117 Å². The Morgan fingerprint density at radius 1 is 1.13 bits per heavy atom. The number of aromatic amines is 1. The number of anilines is 1. The molecule has 0 aliphatic carbocycles. The molecule has 0 aliphatic heterocycles. The summed E-state index contributed by atoms with van der Waals surface area (Å²) in [5.74, 6) is -3.19. The van der Waals surface area contributed by atoms with Gasteiger partial charge in [0.2, 0.25) is 0 Å². The molecular weight excluding hydrogens is 405 g/mol. The third-order valence-corrected chi connectivity index (χ3v) is 3.96. The molecule has 2 aromatic heterocycles. The number of pyridine rings is 1. The van der Waals surface area contributed by atoms with Gasteiger partial charge in [-0.3, -0.25) is 9.59 Å². The van der Waals surface area contributed by atoms with Crippen molar-refractivity contribution >= 4 is 17.6 Å². The van der Waals surface area contributed by atoms with Crippen molar-refractivity contribution in [3.05, 3.63) is 76.2 Å². The predicted octanol–water partition coefficient (Wildman–Crippen LogP) is 3.06. The minimum absolute atomic E-state index is 0.0812. The number of carbonyl (C=O) groups excluding carboxylic acids is 1. The number of H-pyrrole nitrogens is 1. The molecule has 30 heavy (non-hydrogen) atoms. The summed E-state index contributed by atoms with van der Waals surface area (Å²) in [4.78, 5) is 39.3. The molecule has 0 spiro atoms. The van der Waals surface area contributed by atoms with Crippen LogP contribution >= 0.6 is 0 Å². The first-order valence-corrected chi connectivity index (χ1v) is 8.41. The standard InChI is InChI=1S/C17H16N4O2.C2HF3O2/c1-11-12(2)21(10-19-11)14-7-5-13(6-8-14)20-17(23)15-4-3-9-18-16(15)22;3-2(4,5)1(6)7/h3-10H,1-2H3,(H,18,22)(H,20,23);(H,6,7). The summed E-state index contributed by atoms with van der Waals surface area (Å²) in [5, 5.41) is 9.84. The van der Waals surface area contributed by atoms with Crippen molar-refractivity contribution < 1.29 is 27.9 Å².